The van der Waals surface area contributed by atoms with Crippen molar-refractivity contribution in [3.05, 3.63) is 0 Å². The lowest BCUT2D eigenvalue weighted by molar-refractivity contribution is -0.142. The highest BCUT2D eigenvalue weighted by atomic mass is 32.1. The molecule has 56 valence electrons. The van der Waals surface area contributed by atoms with Gasteiger partial charge in [-0.05, 0) is 19.1 Å². The van der Waals surface area contributed by atoms with Crippen LogP contribution in [0.2, 0.25) is 0 Å². The monoisotopic (exact) mass is 160 g/mol. The Kier molecular flexibility index (Phi) is 4.45. The first-order valence-electron chi connectivity index (χ1n) is 2.62. The van der Waals surface area contributed by atoms with Crippen LogP contribution < -0.4 is 5.43 Å². The summed E-state index contributed by atoms with van der Waals surface area (Å²) in [6.07, 6.45) is 0. The molecule has 0 saturated heterocycles. The van der Waals surface area contributed by atoms with Gasteiger partial charge in [0.15, 0.2) is 0 Å². The summed E-state index contributed by atoms with van der Waals surface area (Å²) in [5.74, 6) is -0.381. The van der Waals surface area contributed by atoms with Gasteiger partial charge in [0.2, 0.25) is 0 Å². The van der Waals surface area contributed by atoms with Crippen molar-refractivity contribution in [3.8, 4) is 0 Å². The Morgan fingerprint density at radius 2 is 2.50 bits per heavy atom. The number of carbonyl (C=O) groups is 1. The van der Waals surface area contributed by atoms with Crippen molar-refractivity contribution in [2.45, 2.75) is 13.0 Å². The zero-order valence-corrected chi connectivity index (χ0v) is 6.57. The highest BCUT2D eigenvalue weighted by Crippen LogP contribution is 1.83. The Bertz CT molecular complexity index is 165. The number of methoxy groups -OCH3 is 1. The molecule has 0 aromatic carbocycles. The molecule has 0 heterocycles. The fourth-order valence-corrected chi connectivity index (χ4v) is 0.405. The van der Waals surface area contributed by atoms with E-state index in [9.17, 15) is 4.79 Å². The average molecular weight is 160 g/mol. The van der Waals surface area contributed by atoms with Gasteiger partial charge in [-0.1, -0.05) is 0 Å². The summed E-state index contributed by atoms with van der Waals surface area (Å²) >= 11 is 4.26. The van der Waals surface area contributed by atoms with Crippen LogP contribution in [0.3, 0.4) is 0 Å². The number of isothiocyanates is 1. The first-order valence-corrected chi connectivity index (χ1v) is 3.03. The summed E-state index contributed by atoms with van der Waals surface area (Å²) in [7, 11) is 1.31. The Labute approximate surface area is 64.2 Å². The zero-order valence-electron chi connectivity index (χ0n) is 5.75. The second-order valence-corrected chi connectivity index (χ2v) is 1.76. The van der Waals surface area contributed by atoms with Gasteiger partial charge in [-0.3, -0.25) is 5.43 Å². The van der Waals surface area contributed by atoms with Crippen molar-refractivity contribution in [3.63, 3.8) is 0 Å². The first kappa shape index (κ1) is 9.07. The van der Waals surface area contributed by atoms with Crippen LogP contribution in [0.25, 0.3) is 0 Å². The van der Waals surface area contributed by atoms with Crippen LogP contribution in [0.5, 0.6) is 0 Å². The van der Waals surface area contributed by atoms with E-state index in [2.05, 4.69) is 32.6 Å². The predicted octanol–water partition coefficient (Wildman–Crippen LogP) is 0.155. The van der Waals surface area contributed by atoms with E-state index in [0.717, 1.165) is 0 Å². The van der Waals surface area contributed by atoms with Gasteiger partial charge in [-0.2, -0.15) is 0 Å². The normalized spacial score (nSPS) is 11.0. The largest absolute Gasteiger partial charge is 0.467 e. The second kappa shape index (κ2) is 4.90. The van der Waals surface area contributed by atoms with Gasteiger partial charge < -0.3 is 4.74 Å². The SMILES string of the molecule is COC(=O)[C@H](C)NN=C=S. The minimum Gasteiger partial charge on any atom is -0.467 e. The second-order valence-electron chi connectivity index (χ2n) is 1.58. The lowest BCUT2D eigenvalue weighted by atomic mass is 10.4. The van der Waals surface area contributed by atoms with E-state index < -0.39 is 6.04 Å². The van der Waals surface area contributed by atoms with Gasteiger partial charge in [-0.25, -0.2) is 4.79 Å². The van der Waals surface area contributed by atoms with Gasteiger partial charge in [0.25, 0.3) is 0 Å². The van der Waals surface area contributed by atoms with Gasteiger partial charge in [0.05, 0.1) is 12.3 Å². The molecule has 10 heavy (non-hydrogen) atoms. The third-order valence-corrected chi connectivity index (χ3v) is 0.950. The van der Waals surface area contributed by atoms with Gasteiger partial charge >= 0.3 is 5.97 Å². The highest BCUT2D eigenvalue weighted by Gasteiger charge is 2.09. The molecule has 0 unspecified atom stereocenters. The maximum Gasteiger partial charge on any atom is 0.329 e. The number of hydrogen-bond acceptors (Lipinski definition) is 5. The third kappa shape index (κ3) is 3.17. The Morgan fingerprint density at radius 3 is 2.90 bits per heavy atom. The van der Waals surface area contributed by atoms with Crippen molar-refractivity contribution < 1.29 is 9.53 Å². The Hall–Kier alpha value is -0.930. The van der Waals surface area contributed by atoms with Gasteiger partial charge in [-0.15, -0.1) is 5.10 Å². The summed E-state index contributed by atoms with van der Waals surface area (Å²) in [6, 6.07) is -0.472. The lowest BCUT2D eigenvalue weighted by Gasteiger charge is -2.05. The van der Waals surface area contributed by atoms with E-state index in [1.165, 1.54) is 7.11 Å². The third-order valence-electron chi connectivity index (χ3n) is 0.859. The summed E-state index contributed by atoms with van der Waals surface area (Å²) in [6.45, 7) is 1.61. The van der Waals surface area contributed by atoms with E-state index in [-0.39, 0.29) is 5.97 Å². The molecule has 1 atom stereocenters. The van der Waals surface area contributed by atoms with Crippen LogP contribution in [0.1, 0.15) is 6.92 Å². The molecule has 1 N–H and O–H groups in total. The summed E-state index contributed by atoms with van der Waals surface area (Å²) < 4.78 is 4.39. The molecule has 0 radical (unpaired) electrons. The Morgan fingerprint density at radius 1 is 1.90 bits per heavy atom. The van der Waals surface area contributed by atoms with E-state index in [1.54, 1.807) is 6.92 Å². The number of hydrazone groups is 1. The van der Waals surface area contributed by atoms with E-state index in [0.29, 0.717) is 0 Å². The minimum atomic E-state index is -0.472. The maximum atomic E-state index is 10.6. The lowest BCUT2D eigenvalue weighted by Crippen LogP contribution is -2.30. The molecule has 0 aliphatic heterocycles. The van der Waals surface area contributed by atoms with Crippen LogP contribution in [0, 0.1) is 0 Å². The number of ether oxygens (including phenoxy) is 1. The van der Waals surface area contributed by atoms with E-state index in [1.807, 2.05) is 0 Å². The smallest absolute Gasteiger partial charge is 0.329 e. The number of nitrogens with zero attached hydrogens (tertiary/aromatic N) is 1. The molecule has 0 amide bonds. The summed E-state index contributed by atoms with van der Waals surface area (Å²) in [4.78, 5) is 10.6. The molecule has 5 heteroatoms. The fraction of sp³-hybridized carbons (Fsp3) is 0.600. The number of carbonyl (C=O) groups excluding carboxylic acids is 1. The molecule has 4 nitrogen and oxygen atoms in total. The minimum absolute atomic E-state index is 0.381. The van der Waals surface area contributed by atoms with E-state index in [4.69, 9.17) is 0 Å². The molecule has 0 saturated carbocycles. The topological polar surface area (TPSA) is 50.7 Å². The van der Waals surface area contributed by atoms with E-state index >= 15 is 0 Å². The molecular weight excluding hydrogens is 152 g/mol. The van der Waals surface area contributed by atoms with Crippen molar-refractivity contribution >= 4 is 23.3 Å². The summed E-state index contributed by atoms with van der Waals surface area (Å²) in [5, 5.41) is 5.42. The molecular formula is C5H8N2O2S. The number of nitrogens with one attached hydrogen (secondary N) is 1. The molecule has 0 aliphatic rings. The van der Waals surface area contributed by atoms with Gasteiger partial charge in [0, 0.05) is 0 Å². The summed E-state index contributed by atoms with van der Waals surface area (Å²) in [5.41, 5.74) is 2.42. The fourth-order valence-electron chi connectivity index (χ4n) is 0.353. The molecule has 0 bridgehead atoms. The van der Waals surface area contributed by atoms with Crippen LogP contribution >= 0.6 is 12.2 Å². The number of rotatable bonds is 3. The Balaban J connectivity index is 3.72. The molecule has 0 aliphatic carbocycles. The van der Waals surface area contributed by atoms with Crippen LogP contribution in [0.4, 0.5) is 0 Å². The maximum absolute atomic E-state index is 10.6. The molecule has 0 rings (SSSR count). The first-order chi connectivity index (χ1) is 4.72. The highest BCUT2D eigenvalue weighted by molar-refractivity contribution is 7.78. The van der Waals surface area contributed by atoms with Crippen molar-refractivity contribution in [2.75, 3.05) is 7.11 Å². The molecule has 0 aromatic rings. The van der Waals surface area contributed by atoms with Crippen molar-refractivity contribution in [1.82, 2.24) is 5.43 Å². The number of hydrogen-bond donors (Lipinski definition) is 1. The molecule has 0 fully saturated rings. The van der Waals surface area contributed by atoms with Crippen molar-refractivity contribution in [1.29, 1.82) is 0 Å². The molecule has 0 spiro atoms. The standard InChI is InChI=1S/C5H8N2O2S/c1-4(5(8)9-2)7-6-3-10/h4,7H,1-2H3/t4-/m0/s1. The van der Waals surface area contributed by atoms with Crippen LogP contribution in [0.15, 0.2) is 5.10 Å². The zero-order chi connectivity index (χ0) is 7.98. The van der Waals surface area contributed by atoms with Crippen LogP contribution in [-0.4, -0.2) is 24.3 Å². The average Bonchev–Trinajstić information content (AvgIpc) is 1.98. The predicted molar refractivity (Wildman–Crippen MR) is 39.6 cm³/mol. The van der Waals surface area contributed by atoms with Crippen LogP contribution in [-0.2, 0) is 9.53 Å². The quantitative estimate of drug-likeness (QED) is 0.276. The molecule has 0 aromatic heterocycles. The number of esters is 1. The van der Waals surface area contributed by atoms with Crippen molar-refractivity contribution in [2.24, 2.45) is 5.10 Å². The number of thiocarbonyl (C=S) groups is 1. The van der Waals surface area contributed by atoms with Gasteiger partial charge in [0.1, 0.15) is 6.04 Å².